The minimum atomic E-state index is 0.0512. The molecule has 0 aliphatic carbocycles. The average molecular weight is 229 g/mol. The van der Waals surface area contributed by atoms with E-state index < -0.39 is 0 Å². The van der Waals surface area contributed by atoms with E-state index in [1.165, 1.54) is 0 Å². The SMILES string of the molecule is Cc1ccc(C(CN)NCCO)cc1Cl. The first-order chi connectivity index (χ1) is 7.19. The molecule has 0 radical (unpaired) electrons. The zero-order valence-corrected chi connectivity index (χ0v) is 9.59. The van der Waals surface area contributed by atoms with Gasteiger partial charge >= 0.3 is 0 Å². The highest BCUT2D eigenvalue weighted by molar-refractivity contribution is 6.31. The number of aliphatic hydroxyl groups excluding tert-OH is 1. The van der Waals surface area contributed by atoms with Gasteiger partial charge in [-0.15, -0.1) is 0 Å². The van der Waals surface area contributed by atoms with Crippen molar-refractivity contribution in [1.29, 1.82) is 0 Å². The van der Waals surface area contributed by atoms with Gasteiger partial charge in [-0.2, -0.15) is 0 Å². The first-order valence-electron chi connectivity index (χ1n) is 4.99. The summed E-state index contributed by atoms with van der Waals surface area (Å²) in [5, 5.41) is 12.6. The number of aryl methyl sites for hydroxylation is 1. The van der Waals surface area contributed by atoms with Crippen LogP contribution in [0, 0.1) is 6.92 Å². The maximum Gasteiger partial charge on any atom is 0.0556 e. The predicted octanol–water partition coefficient (Wildman–Crippen LogP) is 1.23. The smallest absolute Gasteiger partial charge is 0.0556 e. The van der Waals surface area contributed by atoms with Crippen LogP contribution >= 0.6 is 11.6 Å². The molecule has 0 saturated heterocycles. The zero-order chi connectivity index (χ0) is 11.3. The van der Waals surface area contributed by atoms with Crippen LogP contribution in [-0.4, -0.2) is 24.8 Å². The highest BCUT2D eigenvalue weighted by Gasteiger charge is 2.09. The Labute approximate surface area is 95.2 Å². The van der Waals surface area contributed by atoms with E-state index in [1.54, 1.807) is 0 Å². The fourth-order valence-corrected chi connectivity index (χ4v) is 1.59. The van der Waals surface area contributed by atoms with E-state index in [9.17, 15) is 0 Å². The number of halogens is 1. The van der Waals surface area contributed by atoms with Gasteiger partial charge in [-0.1, -0.05) is 23.7 Å². The lowest BCUT2D eigenvalue weighted by molar-refractivity contribution is 0.285. The second kappa shape index (κ2) is 6.08. The van der Waals surface area contributed by atoms with Gasteiger partial charge in [-0.3, -0.25) is 0 Å². The lowest BCUT2D eigenvalue weighted by atomic mass is 10.1. The molecule has 1 aromatic rings. The van der Waals surface area contributed by atoms with Crippen molar-refractivity contribution in [2.45, 2.75) is 13.0 Å². The molecule has 0 aliphatic heterocycles. The number of benzene rings is 1. The molecule has 4 heteroatoms. The van der Waals surface area contributed by atoms with Crippen LogP contribution in [0.4, 0.5) is 0 Å². The van der Waals surface area contributed by atoms with Crippen LogP contribution in [-0.2, 0) is 0 Å². The molecule has 84 valence electrons. The molecule has 1 aromatic carbocycles. The third-order valence-electron chi connectivity index (χ3n) is 2.34. The van der Waals surface area contributed by atoms with Gasteiger partial charge in [0.25, 0.3) is 0 Å². The minimum Gasteiger partial charge on any atom is -0.395 e. The van der Waals surface area contributed by atoms with Gasteiger partial charge in [0.2, 0.25) is 0 Å². The largest absolute Gasteiger partial charge is 0.395 e. The molecule has 1 rings (SSSR count). The first-order valence-corrected chi connectivity index (χ1v) is 5.37. The van der Waals surface area contributed by atoms with Crippen LogP contribution in [0.5, 0.6) is 0 Å². The third kappa shape index (κ3) is 3.47. The number of nitrogens with two attached hydrogens (primary N) is 1. The van der Waals surface area contributed by atoms with E-state index in [-0.39, 0.29) is 12.6 Å². The lowest BCUT2D eigenvalue weighted by Crippen LogP contribution is -2.30. The second-order valence-electron chi connectivity index (χ2n) is 3.47. The molecule has 4 N–H and O–H groups in total. The van der Waals surface area contributed by atoms with E-state index in [0.717, 1.165) is 16.1 Å². The molecule has 1 unspecified atom stereocenters. The topological polar surface area (TPSA) is 58.3 Å². The molecular weight excluding hydrogens is 212 g/mol. The standard InChI is InChI=1S/C11H17ClN2O/c1-8-2-3-9(6-10(8)12)11(7-13)14-4-5-15/h2-3,6,11,14-15H,4-5,7,13H2,1H3. The van der Waals surface area contributed by atoms with Gasteiger partial charge in [0.1, 0.15) is 0 Å². The van der Waals surface area contributed by atoms with Crippen molar-refractivity contribution in [2.24, 2.45) is 5.73 Å². The van der Waals surface area contributed by atoms with E-state index in [0.29, 0.717) is 13.1 Å². The molecule has 1 atom stereocenters. The van der Waals surface area contributed by atoms with Gasteiger partial charge in [0.15, 0.2) is 0 Å². The highest BCUT2D eigenvalue weighted by atomic mass is 35.5. The van der Waals surface area contributed by atoms with Crippen molar-refractivity contribution in [3.8, 4) is 0 Å². The normalized spacial score (nSPS) is 12.8. The Hall–Kier alpha value is -0.610. The van der Waals surface area contributed by atoms with Crippen LogP contribution in [0.2, 0.25) is 5.02 Å². The maximum atomic E-state index is 8.73. The summed E-state index contributed by atoms with van der Waals surface area (Å²) in [6.07, 6.45) is 0. The molecule has 0 saturated carbocycles. The van der Waals surface area contributed by atoms with Gasteiger partial charge < -0.3 is 16.2 Å². The molecule has 0 amide bonds. The fraction of sp³-hybridized carbons (Fsp3) is 0.455. The third-order valence-corrected chi connectivity index (χ3v) is 2.74. The quantitative estimate of drug-likeness (QED) is 0.711. The lowest BCUT2D eigenvalue weighted by Gasteiger charge is -2.17. The van der Waals surface area contributed by atoms with E-state index in [4.69, 9.17) is 22.4 Å². The van der Waals surface area contributed by atoms with E-state index in [1.807, 2.05) is 25.1 Å². The number of hydrogen-bond acceptors (Lipinski definition) is 3. The maximum absolute atomic E-state index is 8.73. The van der Waals surface area contributed by atoms with Crippen LogP contribution in [0.1, 0.15) is 17.2 Å². The summed E-state index contributed by atoms with van der Waals surface area (Å²) in [6.45, 7) is 3.09. The van der Waals surface area contributed by atoms with Gasteiger partial charge in [-0.25, -0.2) is 0 Å². The summed E-state index contributed by atoms with van der Waals surface area (Å²) in [4.78, 5) is 0. The van der Waals surface area contributed by atoms with Gasteiger partial charge in [0.05, 0.1) is 6.61 Å². The van der Waals surface area contributed by atoms with Crippen molar-refractivity contribution < 1.29 is 5.11 Å². The molecule has 0 spiro atoms. The summed E-state index contributed by atoms with van der Waals surface area (Å²) in [5.41, 5.74) is 7.76. The Morgan fingerprint density at radius 1 is 1.53 bits per heavy atom. The molecule has 0 aromatic heterocycles. The number of aliphatic hydroxyl groups is 1. The van der Waals surface area contributed by atoms with Crippen LogP contribution in [0.3, 0.4) is 0 Å². The molecule has 0 heterocycles. The highest BCUT2D eigenvalue weighted by Crippen LogP contribution is 2.20. The zero-order valence-electron chi connectivity index (χ0n) is 8.83. The van der Waals surface area contributed by atoms with Gasteiger partial charge in [-0.05, 0) is 24.1 Å². The Morgan fingerprint density at radius 2 is 2.27 bits per heavy atom. The minimum absolute atomic E-state index is 0.0512. The first kappa shape index (κ1) is 12.5. The Kier molecular flexibility index (Phi) is 5.05. The Balaban J connectivity index is 2.78. The predicted molar refractivity (Wildman–Crippen MR) is 63.1 cm³/mol. The van der Waals surface area contributed by atoms with E-state index >= 15 is 0 Å². The number of nitrogens with one attached hydrogen (secondary N) is 1. The van der Waals surface area contributed by atoms with Crippen LogP contribution in [0.25, 0.3) is 0 Å². The average Bonchev–Trinajstić information content (AvgIpc) is 2.24. The summed E-state index contributed by atoms with van der Waals surface area (Å²) in [7, 11) is 0. The second-order valence-corrected chi connectivity index (χ2v) is 3.88. The van der Waals surface area contributed by atoms with Crippen molar-refractivity contribution in [3.05, 3.63) is 34.3 Å². The molecule has 15 heavy (non-hydrogen) atoms. The van der Waals surface area contributed by atoms with Crippen molar-refractivity contribution >= 4 is 11.6 Å². The van der Waals surface area contributed by atoms with Crippen molar-refractivity contribution in [1.82, 2.24) is 5.32 Å². The van der Waals surface area contributed by atoms with E-state index in [2.05, 4.69) is 5.32 Å². The summed E-state index contributed by atoms with van der Waals surface area (Å²) >= 11 is 6.03. The molecule has 0 bridgehead atoms. The molecule has 0 fully saturated rings. The van der Waals surface area contributed by atoms with Crippen LogP contribution in [0.15, 0.2) is 18.2 Å². The Morgan fingerprint density at radius 3 is 2.80 bits per heavy atom. The molecule has 3 nitrogen and oxygen atoms in total. The van der Waals surface area contributed by atoms with Crippen molar-refractivity contribution in [3.63, 3.8) is 0 Å². The van der Waals surface area contributed by atoms with Gasteiger partial charge in [0, 0.05) is 24.2 Å². The summed E-state index contributed by atoms with van der Waals surface area (Å²) < 4.78 is 0. The summed E-state index contributed by atoms with van der Waals surface area (Å²) in [5.74, 6) is 0. The number of hydrogen-bond donors (Lipinski definition) is 3. The Bertz CT molecular complexity index is 317. The molecule has 0 aliphatic rings. The number of rotatable bonds is 5. The van der Waals surface area contributed by atoms with Crippen molar-refractivity contribution in [2.75, 3.05) is 19.7 Å². The fourth-order valence-electron chi connectivity index (χ4n) is 1.40. The van der Waals surface area contributed by atoms with Crippen LogP contribution < -0.4 is 11.1 Å². The monoisotopic (exact) mass is 228 g/mol. The summed E-state index contributed by atoms with van der Waals surface area (Å²) in [6, 6.07) is 5.94. The molecular formula is C11H17ClN2O.